The van der Waals surface area contributed by atoms with E-state index in [-0.39, 0.29) is 23.2 Å². The third kappa shape index (κ3) is 7.25. The van der Waals surface area contributed by atoms with Gasteiger partial charge in [0.2, 0.25) is 21.8 Å². The van der Waals surface area contributed by atoms with Gasteiger partial charge in [-0.15, -0.1) is 0 Å². The molecule has 0 unspecified atom stereocenters. The highest BCUT2D eigenvalue weighted by atomic mass is 35.5. The first-order valence-corrected chi connectivity index (χ1v) is 12.7. The molecule has 0 aliphatic rings. The molecule has 2 aromatic carbocycles. The molecule has 0 spiro atoms. The third-order valence-corrected chi connectivity index (χ3v) is 6.55. The summed E-state index contributed by atoms with van der Waals surface area (Å²) in [6, 6.07) is 10.5. The van der Waals surface area contributed by atoms with Crippen molar-refractivity contribution in [2.45, 2.75) is 26.4 Å². The van der Waals surface area contributed by atoms with Gasteiger partial charge in [0.25, 0.3) is 0 Å². The number of carbonyl (C=O) groups is 2. The molecule has 33 heavy (non-hydrogen) atoms. The van der Waals surface area contributed by atoms with E-state index >= 15 is 0 Å². The van der Waals surface area contributed by atoms with Crippen LogP contribution in [0.5, 0.6) is 5.75 Å². The predicted octanol–water partition coefficient (Wildman–Crippen LogP) is 3.32. The molecule has 2 rings (SSSR count). The minimum absolute atomic E-state index is 0.0826. The number of carbonyl (C=O) groups excluding carboxylic acids is 2. The molecule has 1 atom stereocenters. The SMILES string of the molecule is CCNC(=O)[C@@H](C)N(Cc1ccc(OC)cc1)C(=O)CN(c1ccc(Cl)cc1Cl)S(C)(=O)=O. The summed E-state index contributed by atoms with van der Waals surface area (Å²) in [6.45, 7) is 3.30. The van der Waals surface area contributed by atoms with Gasteiger partial charge in [-0.1, -0.05) is 35.3 Å². The van der Waals surface area contributed by atoms with Crippen LogP contribution in [0.4, 0.5) is 5.69 Å². The van der Waals surface area contributed by atoms with Crippen LogP contribution in [0.15, 0.2) is 42.5 Å². The first-order valence-electron chi connectivity index (χ1n) is 10.1. The summed E-state index contributed by atoms with van der Waals surface area (Å²) in [4.78, 5) is 27.2. The van der Waals surface area contributed by atoms with Gasteiger partial charge in [-0.25, -0.2) is 8.42 Å². The first kappa shape index (κ1) is 26.8. The van der Waals surface area contributed by atoms with Gasteiger partial charge in [0.05, 0.1) is 24.1 Å². The molecule has 0 fully saturated rings. The number of sulfonamides is 1. The van der Waals surface area contributed by atoms with Gasteiger partial charge in [-0.3, -0.25) is 13.9 Å². The van der Waals surface area contributed by atoms with Gasteiger partial charge in [0.1, 0.15) is 18.3 Å². The van der Waals surface area contributed by atoms with Crippen LogP contribution in [0.2, 0.25) is 10.0 Å². The molecule has 11 heteroatoms. The number of nitrogens with zero attached hydrogens (tertiary/aromatic N) is 2. The van der Waals surface area contributed by atoms with Gasteiger partial charge in [-0.05, 0) is 49.7 Å². The molecule has 0 aliphatic heterocycles. The topological polar surface area (TPSA) is 96.0 Å². The standard InChI is InChI=1S/C22H27Cl2N3O5S/c1-5-25-22(29)15(2)26(13-16-6-9-18(32-3)10-7-16)21(28)14-27(33(4,30)31)20-11-8-17(23)12-19(20)24/h6-12,15H,5,13-14H2,1-4H3,(H,25,29)/t15-/m1/s1. The summed E-state index contributed by atoms with van der Waals surface area (Å²) in [5.41, 5.74) is 0.864. The fourth-order valence-corrected chi connectivity index (χ4v) is 4.53. The highest BCUT2D eigenvalue weighted by molar-refractivity contribution is 7.92. The number of nitrogens with one attached hydrogen (secondary N) is 1. The lowest BCUT2D eigenvalue weighted by atomic mass is 10.1. The minimum atomic E-state index is -3.88. The second-order valence-electron chi connectivity index (χ2n) is 7.31. The summed E-state index contributed by atoms with van der Waals surface area (Å²) >= 11 is 12.1. The number of ether oxygens (including phenoxy) is 1. The molecular formula is C22H27Cl2N3O5S. The number of hydrogen-bond acceptors (Lipinski definition) is 5. The zero-order valence-electron chi connectivity index (χ0n) is 18.8. The monoisotopic (exact) mass is 515 g/mol. The number of halogens is 2. The van der Waals surface area contributed by atoms with E-state index in [0.717, 1.165) is 16.1 Å². The highest BCUT2D eigenvalue weighted by Gasteiger charge is 2.30. The van der Waals surface area contributed by atoms with E-state index in [1.165, 1.54) is 23.1 Å². The van der Waals surface area contributed by atoms with Gasteiger partial charge >= 0.3 is 0 Å². The van der Waals surface area contributed by atoms with Crippen molar-refractivity contribution in [3.63, 3.8) is 0 Å². The molecule has 2 aromatic rings. The minimum Gasteiger partial charge on any atom is -0.497 e. The third-order valence-electron chi connectivity index (χ3n) is 4.89. The Morgan fingerprint density at radius 1 is 1.12 bits per heavy atom. The summed E-state index contributed by atoms with van der Waals surface area (Å²) in [5.74, 6) is -0.273. The van der Waals surface area contributed by atoms with Crippen molar-refractivity contribution in [1.82, 2.24) is 10.2 Å². The normalized spacial score (nSPS) is 12.1. The quantitative estimate of drug-likeness (QED) is 0.523. The Hall–Kier alpha value is -2.49. The Bertz CT molecular complexity index is 1090. The van der Waals surface area contributed by atoms with Gasteiger partial charge in [-0.2, -0.15) is 0 Å². The van der Waals surface area contributed by atoms with E-state index in [1.54, 1.807) is 45.2 Å². The number of hydrogen-bond donors (Lipinski definition) is 1. The van der Waals surface area contributed by atoms with Gasteiger partial charge < -0.3 is 15.0 Å². The smallest absolute Gasteiger partial charge is 0.244 e. The average molecular weight is 516 g/mol. The van der Waals surface area contributed by atoms with E-state index in [0.29, 0.717) is 17.3 Å². The van der Waals surface area contributed by atoms with Crippen molar-refractivity contribution < 1.29 is 22.7 Å². The largest absolute Gasteiger partial charge is 0.497 e. The van der Waals surface area contributed by atoms with Crippen molar-refractivity contribution in [3.8, 4) is 5.75 Å². The van der Waals surface area contributed by atoms with E-state index in [2.05, 4.69) is 5.32 Å². The fourth-order valence-electron chi connectivity index (χ4n) is 3.11. The van der Waals surface area contributed by atoms with Crippen LogP contribution in [0.1, 0.15) is 19.4 Å². The van der Waals surface area contributed by atoms with Crippen LogP contribution in [0, 0.1) is 0 Å². The van der Waals surface area contributed by atoms with Crippen LogP contribution in [-0.4, -0.2) is 57.6 Å². The molecule has 0 saturated carbocycles. The molecule has 180 valence electrons. The van der Waals surface area contributed by atoms with Gasteiger partial charge in [0, 0.05) is 18.1 Å². The van der Waals surface area contributed by atoms with Crippen molar-refractivity contribution in [2.24, 2.45) is 0 Å². The number of likely N-dealkylation sites (N-methyl/N-ethyl adjacent to an activating group) is 1. The second-order valence-corrected chi connectivity index (χ2v) is 10.1. The Labute approximate surface area is 204 Å². The van der Waals surface area contributed by atoms with Crippen molar-refractivity contribution in [3.05, 3.63) is 58.1 Å². The molecule has 0 aliphatic carbocycles. The van der Waals surface area contributed by atoms with Crippen molar-refractivity contribution in [2.75, 3.05) is 30.8 Å². The van der Waals surface area contributed by atoms with E-state index < -0.39 is 28.5 Å². The zero-order chi connectivity index (χ0) is 24.8. The number of methoxy groups -OCH3 is 1. The van der Waals surface area contributed by atoms with Crippen molar-refractivity contribution >= 4 is 50.7 Å². The molecule has 0 heterocycles. The van der Waals surface area contributed by atoms with E-state index in [1.807, 2.05) is 0 Å². The predicted molar refractivity (Wildman–Crippen MR) is 130 cm³/mol. The summed E-state index contributed by atoms with van der Waals surface area (Å²) in [7, 11) is -2.33. The average Bonchev–Trinajstić information content (AvgIpc) is 2.75. The fraction of sp³-hybridized carbons (Fsp3) is 0.364. The molecule has 1 N–H and O–H groups in total. The summed E-state index contributed by atoms with van der Waals surface area (Å²) < 4.78 is 31.1. The lowest BCUT2D eigenvalue weighted by Gasteiger charge is -2.31. The van der Waals surface area contributed by atoms with Gasteiger partial charge in [0.15, 0.2) is 0 Å². The Morgan fingerprint density at radius 3 is 2.27 bits per heavy atom. The van der Waals surface area contributed by atoms with Crippen LogP contribution >= 0.6 is 23.2 Å². The lowest BCUT2D eigenvalue weighted by Crippen LogP contribution is -2.51. The second kappa shape index (κ2) is 11.6. The summed E-state index contributed by atoms with van der Waals surface area (Å²) in [5, 5.41) is 3.11. The number of benzene rings is 2. The maximum absolute atomic E-state index is 13.4. The molecule has 0 bridgehead atoms. The first-order chi connectivity index (χ1) is 15.5. The maximum Gasteiger partial charge on any atom is 0.244 e. The summed E-state index contributed by atoms with van der Waals surface area (Å²) in [6.07, 6.45) is 0.978. The molecule has 0 aromatic heterocycles. The Morgan fingerprint density at radius 2 is 1.76 bits per heavy atom. The van der Waals surface area contributed by atoms with E-state index in [4.69, 9.17) is 27.9 Å². The maximum atomic E-state index is 13.4. The molecule has 2 amide bonds. The molecule has 8 nitrogen and oxygen atoms in total. The molecular weight excluding hydrogens is 489 g/mol. The molecule has 0 saturated heterocycles. The van der Waals surface area contributed by atoms with Crippen molar-refractivity contribution in [1.29, 1.82) is 0 Å². The highest BCUT2D eigenvalue weighted by Crippen LogP contribution is 2.30. The number of rotatable bonds is 10. The van der Waals surface area contributed by atoms with Crippen LogP contribution < -0.4 is 14.4 Å². The Balaban J connectivity index is 2.40. The number of amides is 2. The van der Waals surface area contributed by atoms with Crippen LogP contribution in [0.3, 0.4) is 0 Å². The van der Waals surface area contributed by atoms with Crippen LogP contribution in [-0.2, 0) is 26.2 Å². The van der Waals surface area contributed by atoms with E-state index in [9.17, 15) is 18.0 Å². The zero-order valence-corrected chi connectivity index (χ0v) is 21.2. The Kier molecular flexibility index (Phi) is 9.39. The van der Waals surface area contributed by atoms with Crippen LogP contribution in [0.25, 0.3) is 0 Å². The number of anilines is 1. The molecule has 0 radical (unpaired) electrons. The lowest BCUT2D eigenvalue weighted by molar-refractivity contribution is -0.139.